The minimum Gasteiger partial charge on any atom is -0.398 e. The van der Waals surface area contributed by atoms with Crippen LogP contribution in [0, 0.1) is 0 Å². The van der Waals surface area contributed by atoms with Crippen LogP contribution < -0.4 is 5.73 Å². The fourth-order valence-corrected chi connectivity index (χ4v) is 2.65. The standard InChI is InChI=1S/C21H20N2/c1-2-23-21(19-10-6-7-11-20(19)22)18-14-12-17(13-15-18)16-8-4-3-5-9-16/h3-15H,2,22H2,1H3/b23-21-. The molecule has 0 heterocycles. The molecule has 2 N–H and O–H groups in total. The molecule has 0 atom stereocenters. The Labute approximate surface area is 137 Å². The molecule has 0 fully saturated rings. The first kappa shape index (κ1) is 15.0. The first-order chi connectivity index (χ1) is 11.3. The third kappa shape index (κ3) is 3.32. The molecule has 0 radical (unpaired) electrons. The summed E-state index contributed by atoms with van der Waals surface area (Å²) in [6.07, 6.45) is 0. The summed E-state index contributed by atoms with van der Waals surface area (Å²) in [6.45, 7) is 2.77. The van der Waals surface area contributed by atoms with Gasteiger partial charge in [-0.15, -0.1) is 0 Å². The molecule has 0 aliphatic rings. The van der Waals surface area contributed by atoms with Crippen LogP contribution in [0.3, 0.4) is 0 Å². The normalized spacial score (nSPS) is 11.4. The van der Waals surface area contributed by atoms with E-state index in [0.717, 1.165) is 29.1 Å². The van der Waals surface area contributed by atoms with Crippen LogP contribution in [-0.4, -0.2) is 12.3 Å². The Kier molecular flexibility index (Phi) is 4.53. The Morgan fingerprint density at radius 2 is 1.39 bits per heavy atom. The van der Waals surface area contributed by atoms with Gasteiger partial charge in [0.25, 0.3) is 0 Å². The molecule has 0 unspecified atom stereocenters. The van der Waals surface area contributed by atoms with Crippen molar-refractivity contribution >= 4 is 11.4 Å². The van der Waals surface area contributed by atoms with Gasteiger partial charge in [0.05, 0.1) is 5.71 Å². The molecule has 2 heteroatoms. The van der Waals surface area contributed by atoms with Crippen molar-refractivity contribution in [3.63, 3.8) is 0 Å². The Morgan fingerprint density at radius 3 is 2.04 bits per heavy atom. The summed E-state index contributed by atoms with van der Waals surface area (Å²) in [7, 11) is 0. The van der Waals surface area contributed by atoms with Gasteiger partial charge in [-0.05, 0) is 24.1 Å². The largest absolute Gasteiger partial charge is 0.398 e. The lowest BCUT2D eigenvalue weighted by atomic mass is 9.97. The monoisotopic (exact) mass is 300 g/mol. The summed E-state index contributed by atoms with van der Waals surface area (Å²) in [5.74, 6) is 0. The zero-order valence-corrected chi connectivity index (χ0v) is 13.2. The van der Waals surface area contributed by atoms with E-state index in [0.29, 0.717) is 0 Å². The topological polar surface area (TPSA) is 38.4 Å². The van der Waals surface area contributed by atoms with E-state index in [1.165, 1.54) is 11.1 Å². The van der Waals surface area contributed by atoms with Gasteiger partial charge < -0.3 is 5.73 Å². The van der Waals surface area contributed by atoms with Crippen molar-refractivity contribution in [1.29, 1.82) is 0 Å². The summed E-state index contributed by atoms with van der Waals surface area (Å²) in [4.78, 5) is 4.66. The number of hydrogen-bond acceptors (Lipinski definition) is 2. The maximum atomic E-state index is 6.13. The van der Waals surface area contributed by atoms with Crippen LogP contribution >= 0.6 is 0 Å². The summed E-state index contributed by atoms with van der Waals surface area (Å²) in [6, 6.07) is 26.7. The number of anilines is 1. The lowest BCUT2D eigenvalue weighted by Gasteiger charge is -2.11. The quantitative estimate of drug-likeness (QED) is 0.546. The molecule has 2 nitrogen and oxygen atoms in total. The van der Waals surface area contributed by atoms with E-state index in [1.54, 1.807) is 0 Å². The van der Waals surface area contributed by atoms with Crippen LogP contribution in [0.4, 0.5) is 5.69 Å². The van der Waals surface area contributed by atoms with Crippen molar-refractivity contribution in [1.82, 2.24) is 0 Å². The van der Waals surface area contributed by atoms with Gasteiger partial charge in [-0.25, -0.2) is 0 Å². The highest BCUT2D eigenvalue weighted by molar-refractivity contribution is 6.15. The molecular weight excluding hydrogens is 280 g/mol. The molecule has 0 amide bonds. The van der Waals surface area contributed by atoms with Crippen LogP contribution in [-0.2, 0) is 0 Å². The zero-order valence-electron chi connectivity index (χ0n) is 13.2. The third-order valence-corrected chi connectivity index (χ3v) is 3.80. The molecule has 0 aromatic heterocycles. The van der Waals surface area contributed by atoms with Gasteiger partial charge in [-0.2, -0.15) is 0 Å². The van der Waals surface area contributed by atoms with Gasteiger partial charge in [0, 0.05) is 23.4 Å². The summed E-state index contributed by atoms with van der Waals surface area (Å²) in [5.41, 5.74) is 12.3. The Bertz CT molecular complexity index is 803. The third-order valence-electron chi connectivity index (χ3n) is 3.80. The number of nitrogen functional groups attached to an aromatic ring is 1. The number of para-hydroxylation sites is 1. The average molecular weight is 300 g/mol. The molecule has 3 aromatic carbocycles. The zero-order chi connectivity index (χ0) is 16.1. The molecule has 3 aromatic rings. The highest BCUT2D eigenvalue weighted by atomic mass is 14.7. The Hall–Kier alpha value is -2.87. The Balaban J connectivity index is 1.99. The summed E-state index contributed by atoms with van der Waals surface area (Å²) < 4.78 is 0. The van der Waals surface area contributed by atoms with E-state index < -0.39 is 0 Å². The van der Waals surface area contributed by atoms with Gasteiger partial charge in [-0.1, -0.05) is 72.8 Å². The number of nitrogens with zero attached hydrogens (tertiary/aromatic N) is 1. The van der Waals surface area contributed by atoms with E-state index in [4.69, 9.17) is 5.73 Å². The summed E-state index contributed by atoms with van der Waals surface area (Å²) >= 11 is 0. The van der Waals surface area contributed by atoms with E-state index in [-0.39, 0.29) is 0 Å². The molecule has 0 aliphatic carbocycles. The minimum atomic E-state index is 0.726. The SMILES string of the molecule is CC/N=C(/c1ccc(-c2ccccc2)cc1)c1ccccc1N. The molecule has 3 rings (SSSR count). The number of aliphatic imine (C=N–C) groups is 1. The van der Waals surface area contributed by atoms with Crippen molar-refractivity contribution in [2.45, 2.75) is 6.92 Å². The van der Waals surface area contributed by atoms with Gasteiger partial charge in [0.1, 0.15) is 0 Å². The fraction of sp³-hybridized carbons (Fsp3) is 0.0952. The molecule has 0 saturated heterocycles. The van der Waals surface area contributed by atoms with E-state index in [1.807, 2.05) is 37.3 Å². The van der Waals surface area contributed by atoms with Gasteiger partial charge in [0.2, 0.25) is 0 Å². The van der Waals surface area contributed by atoms with Gasteiger partial charge >= 0.3 is 0 Å². The highest BCUT2D eigenvalue weighted by Crippen LogP contribution is 2.22. The summed E-state index contributed by atoms with van der Waals surface area (Å²) in [5, 5.41) is 0. The molecule has 0 saturated carbocycles. The minimum absolute atomic E-state index is 0.726. The van der Waals surface area contributed by atoms with Crippen LogP contribution in [0.1, 0.15) is 18.1 Å². The first-order valence-corrected chi connectivity index (χ1v) is 7.85. The predicted molar refractivity (Wildman–Crippen MR) is 98.9 cm³/mol. The second kappa shape index (κ2) is 6.93. The number of hydrogen-bond donors (Lipinski definition) is 1. The van der Waals surface area contributed by atoms with E-state index >= 15 is 0 Å². The molecule has 0 bridgehead atoms. The molecular formula is C21H20N2. The lowest BCUT2D eigenvalue weighted by Crippen LogP contribution is -2.07. The first-order valence-electron chi connectivity index (χ1n) is 7.85. The van der Waals surface area contributed by atoms with Crippen LogP contribution in [0.25, 0.3) is 11.1 Å². The molecule has 0 spiro atoms. The number of benzene rings is 3. The predicted octanol–water partition coefficient (Wildman–Crippen LogP) is 4.79. The van der Waals surface area contributed by atoms with E-state index in [9.17, 15) is 0 Å². The smallest absolute Gasteiger partial charge is 0.0739 e. The van der Waals surface area contributed by atoms with Crippen LogP contribution in [0.5, 0.6) is 0 Å². The maximum absolute atomic E-state index is 6.13. The molecule has 0 aliphatic heterocycles. The van der Waals surface area contributed by atoms with Crippen molar-refractivity contribution in [3.05, 3.63) is 90.0 Å². The van der Waals surface area contributed by atoms with Crippen molar-refractivity contribution in [3.8, 4) is 11.1 Å². The molecule has 23 heavy (non-hydrogen) atoms. The van der Waals surface area contributed by atoms with Crippen LogP contribution in [0.15, 0.2) is 83.9 Å². The van der Waals surface area contributed by atoms with Gasteiger partial charge in [-0.3, -0.25) is 4.99 Å². The second-order valence-corrected chi connectivity index (χ2v) is 5.35. The van der Waals surface area contributed by atoms with Gasteiger partial charge in [0.15, 0.2) is 0 Å². The fourth-order valence-electron chi connectivity index (χ4n) is 2.65. The highest BCUT2D eigenvalue weighted by Gasteiger charge is 2.09. The Morgan fingerprint density at radius 1 is 0.783 bits per heavy atom. The van der Waals surface area contributed by atoms with Crippen molar-refractivity contribution in [2.75, 3.05) is 12.3 Å². The maximum Gasteiger partial charge on any atom is 0.0739 e. The van der Waals surface area contributed by atoms with Crippen molar-refractivity contribution in [2.24, 2.45) is 4.99 Å². The van der Waals surface area contributed by atoms with E-state index in [2.05, 4.69) is 53.5 Å². The van der Waals surface area contributed by atoms with Crippen LogP contribution in [0.2, 0.25) is 0 Å². The molecule has 114 valence electrons. The van der Waals surface area contributed by atoms with Crippen molar-refractivity contribution < 1.29 is 0 Å². The lowest BCUT2D eigenvalue weighted by molar-refractivity contribution is 1.13. The number of nitrogens with two attached hydrogens (primary N) is 1. The second-order valence-electron chi connectivity index (χ2n) is 5.35. The number of rotatable bonds is 4. The average Bonchev–Trinajstić information content (AvgIpc) is 2.61.